The first kappa shape index (κ1) is 45.0. The molecule has 0 saturated heterocycles. The Balaban J connectivity index is 0.00000157. The molecule has 2 radical (unpaired) electrons. The van der Waals surface area contributed by atoms with Crippen molar-refractivity contribution in [2.24, 2.45) is 46.3 Å². The standard InChI is InChI=1S/C47H60O2.2CH3.2Y/c1-30(2)9-6-10-31(3)40-23-24-41-39-22-20-36-29-37(25-27-46(36,4)42(39)26-28-47(40,41)5)49-43(48)14-8-11-32-15-16-35-18-17-33-12-7-13-34-19-21-38(32)45(35)44(33)34;;;;/h7,12-13,15-21,30-31,37,39-42H,6,8-11,14,22-29H2,1-5H3;2*1H3;;/q;2*-1;;. The van der Waals surface area contributed by atoms with E-state index in [0.29, 0.717) is 17.3 Å². The third-order valence-electron chi connectivity index (χ3n) is 15.0. The second kappa shape index (κ2) is 18.3. The predicted octanol–water partition coefficient (Wildman–Crippen LogP) is 13.8. The Hall–Kier alpha value is -0.662. The van der Waals surface area contributed by atoms with Gasteiger partial charge in [-0.3, -0.25) is 4.79 Å². The number of hydrogen-bond donors (Lipinski definition) is 0. The maximum absolute atomic E-state index is 13.2. The number of fused-ring (bicyclic) bond motifs is 5. The molecule has 282 valence electrons. The van der Waals surface area contributed by atoms with E-state index in [4.69, 9.17) is 4.74 Å². The molecule has 4 aromatic carbocycles. The van der Waals surface area contributed by atoms with Crippen molar-refractivity contribution < 1.29 is 74.9 Å². The fraction of sp³-hybridized carbons (Fsp3) is 0.571. The van der Waals surface area contributed by atoms with E-state index in [2.05, 4.69) is 95.3 Å². The molecule has 2 nitrogen and oxygen atoms in total. The van der Waals surface area contributed by atoms with Gasteiger partial charge in [-0.2, -0.15) is 0 Å². The monoisotopic (exact) mass is 864 g/mol. The van der Waals surface area contributed by atoms with E-state index in [1.807, 2.05) is 0 Å². The first-order valence-corrected chi connectivity index (χ1v) is 20.2. The van der Waals surface area contributed by atoms with E-state index in [1.54, 1.807) is 5.57 Å². The number of ether oxygens (including phenoxy) is 1. The number of rotatable bonds is 10. The summed E-state index contributed by atoms with van der Waals surface area (Å²) < 4.78 is 6.23. The van der Waals surface area contributed by atoms with Gasteiger partial charge in [0, 0.05) is 78.3 Å². The smallest absolute Gasteiger partial charge is 0.306 e. The van der Waals surface area contributed by atoms with Crippen LogP contribution >= 0.6 is 0 Å². The van der Waals surface area contributed by atoms with Crippen LogP contribution in [-0.2, 0) is 81.4 Å². The molecule has 53 heavy (non-hydrogen) atoms. The minimum atomic E-state index is -0.00598. The molecular formula is C49H66O2Y2-2. The van der Waals surface area contributed by atoms with Gasteiger partial charge >= 0.3 is 5.97 Å². The van der Waals surface area contributed by atoms with Crippen LogP contribution in [0.3, 0.4) is 0 Å². The van der Waals surface area contributed by atoms with Gasteiger partial charge < -0.3 is 19.6 Å². The van der Waals surface area contributed by atoms with Gasteiger partial charge in [0.25, 0.3) is 0 Å². The summed E-state index contributed by atoms with van der Waals surface area (Å²) in [5.74, 6) is 5.14. The van der Waals surface area contributed by atoms with Crippen LogP contribution in [0.15, 0.2) is 66.2 Å². The molecule has 8 unspecified atom stereocenters. The number of esters is 1. The fourth-order valence-electron chi connectivity index (χ4n) is 12.4. The van der Waals surface area contributed by atoms with Crippen LogP contribution in [0.25, 0.3) is 32.3 Å². The first-order valence-electron chi connectivity index (χ1n) is 20.2. The quantitative estimate of drug-likeness (QED) is 0.0687. The van der Waals surface area contributed by atoms with Crippen molar-refractivity contribution in [1.82, 2.24) is 0 Å². The minimum Gasteiger partial charge on any atom is -0.462 e. The van der Waals surface area contributed by atoms with E-state index in [-0.39, 0.29) is 92.3 Å². The minimum absolute atomic E-state index is 0. The van der Waals surface area contributed by atoms with Gasteiger partial charge in [0.2, 0.25) is 0 Å². The van der Waals surface area contributed by atoms with Gasteiger partial charge in [0.1, 0.15) is 6.10 Å². The van der Waals surface area contributed by atoms with Crippen molar-refractivity contribution in [3.63, 3.8) is 0 Å². The molecule has 4 aliphatic rings. The summed E-state index contributed by atoms with van der Waals surface area (Å²) in [5, 5.41) is 7.96. The topological polar surface area (TPSA) is 26.3 Å². The predicted molar refractivity (Wildman–Crippen MR) is 219 cm³/mol. The Morgan fingerprint density at radius 2 is 1.49 bits per heavy atom. The van der Waals surface area contributed by atoms with Gasteiger partial charge in [0.05, 0.1) is 0 Å². The average molecular weight is 865 g/mol. The SMILES string of the molecule is CC(C)CCCC(C)C1CCC2C3CC=C4CC(OC(=O)CCCc5ccc6ccc7cccc8ccc5c6c78)CCC4(C)C3CCC12C.[CH3-].[CH3-].[Y].[Y]. The third kappa shape index (κ3) is 8.35. The van der Waals surface area contributed by atoms with Crippen LogP contribution in [-0.4, -0.2) is 12.1 Å². The molecule has 0 heterocycles. The molecule has 0 aromatic heterocycles. The van der Waals surface area contributed by atoms with Gasteiger partial charge in [-0.1, -0.05) is 120 Å². The number of benzene rings is 4. The Bertz CT molecular complexity index is 1840. The molecule has 4 aliphatic carbocycles. The molecule has 3 fully saturated rings. The normalized spacial score (nSPS) is 29.5. The first-order chi connectivity index (χ1) is 23.7. The molecule has 0 spiro atoms. The average Bonchev–Trinajstić information content (AvgIpc) is 3.45. The van der Waals surface area contributed by atoms with Gasteiger partial charge in [-0.25, -0.2) is 0 Å². The number of aryl methyl sites for hydroxylation is 1. The second-order valence-electron chi connectivity index (χ2n) is 18.1. The zero-order valence-corrected chi connectivity index (χ0v) is 39.9. The zero-order chi connectivity index (χ0) is 33.9. The van der Waals surface area contributed by atoms with E-state index in [9.17, 15) is 4.79 Å². The van der Waals surface area contributed by atoms with E-state index < -0.39 is 0 Å². The molecule has 0 N–H and O–H groups in total. The summed E-state index contributed by atoms with van der Waals surface area (Å²) in [6.07, 6.45) is 19.3. The Kier molecular flexibility index (Phi) is 15.5. The molecule has 3 saturated carbocycles. The van der Waals surface area contributed by atoms with E-state index in [0.717, 1.165) is 61.2 Å². The van der Waals surface area contributed by atoms with E-state index in [1.165, 1.54) is 95.7 Å². The summed E-state index contributed by atoms with van der Waals surface area (Å²) in [6, 6.07) is 20.1. The largest absolute Gasteiger partial charge is 0.462 e. The molecule has 0 amide bonds. The van der Waals surface area contributed by atoms with Crippen molar-refractivity contribution in [2.45, 2.75) is 131 Å². The maximum Gasteiger partial charge on any atom is 0.306 e. The molecule has 0 aliphatic heterocycles. The Morgan fingerprint density at radius 1 is 0.792 bits per heavy atom. The molecule has 4 aromatic rings. The van der Waals surface area contributed by atoms with Crippen LogP contribution in [0.1, 0.15) is 124 Å². The third-order valence-corrected chi connectivity index (χ3v) is 15.0. The van der Waals surface area contributed by atoms with Crippen molar-refractivity contribution in [3.8, 4) is 0 Å². The van der Waals surface area contributed by atoms with Crippen LogP contribution in [0.5, 0.6) is 0 Å². The van der Waals surface area contributed by atoms with E-state index >= 15 is 0 Å². The zero-order valence-electron chi connectivity index (χ0n) is 34.2. The maximum atomic E-state index is 13.2. The van der Waals surface area contributed by atoms with Gasteiger partial charge in [0.15, 0.2) is 0 Å². The van der Waals surface area contributed by atoms with Crippen LogP contribution < -0.4 is 0 Å². The van der Waals surface area contributed by atoms with Crippen molar-refractivity contribution in [2.75, 3.05) is 0 Å². The number of carbonyl (C=O) groups excluding carboxylic acids is 1. The molecule has 0 bridgehead atoms. The van der Waals surface area contributed by atoms with Crippen molar-refractivity contribution in [1.29, 1.82) is 0 Å². The summed E-state index contributed by atoms with van der Waals surface area (Å²) in [4.78, 5) is 13.2. The number of allylic oxidation sites excluding steroid dienone is 1. The van der Waals surface area contributed by atoms with Crippen LogP contribution in [0.4, 0.5) is 0 Å². The fourth-order valence-corrected chi connectivity index (χ4v) is 12.4. The molecule has 8 atom stereocenters. The summed E-state index contributed by atoms with van der Waals surface area (Å²) in [6.45, 7) is 12.6. The second-order valence-corrected chi connectivity index (χ2v) is 18.1. The van der Waals surface area contributed by atoms with Crippen molar-refractivity contribution >= 4 is 38.3 Å². The van der Waals surface area contributed by atoms with Gasteiger partial charge in [-0.15, -0.1) is 0 Å². The summed E-state index contributed by atoms with van der Waals surface area (Å²) in [7, 11) is 0. The summed E-state index contributed by atoms with van der Waals surface area (Å²) in [5.41, 5.74) is 3.78. The van der Waals surface area contributed by atoms with Crippen molar-refractivity contribution in [3.05, 3.63) is 86.7 Å². The number of carbonyl (C=O) groups is 1. The Morgan fingerprint density at radius 3 is 2.23 bits per heavy atom. The number of hydrogen-bond acceptors (Lipinski definition) is 2. The molecule has 4 heteroatoms. The van der Waals surface area contributed by atoms with Crippen LogP contribution in [0, 0.1) is 61.2 Å². The summed E-state index contributed by atoms with van der Waals surface area (Å²) >= 11 is 0. The molecular weight excluding hydrogens is 798 g/mol. The van der Waals surface area contributed by atoms with Gasteiger partial charge in [-0.05, 0) is 142 Å². The molecule has 8 rings (SSSR count). The Labute approximate surface area is 373 Å². The van der Waals surface area contributed by atoms with Crippen LogP contribution in [0.2, 0.25) is 0 Å².